The number of nitrogens with one attached hydrogen (secondary N) is 2. The quantitative estimate of drug-likeness (QED) is 0.418. The van der Waals surface area contributed by atoms with Crippen LogP contribution >= 0.6 is 11.8 Å². The summed E-state index contributed by atoms with van der Waals surface area (Å²) < 4.78 is 0. The number of thioether (sulfide) groups is 1. The Balaban J connectivity index is 3.75. The molecule has 0 aromatic carbocycles. The number of amides is 2. The molecule has 2 amide bonds. The molecule has 0 heterocycles. The van der Waals surface area contributed by atoms with Crippen LogP contribution in [0.4, 0.5) is 0 Å². The van der Waals surface area contributed by atoms with Crippen LogP contribution in [0.5, 0.6) is 0 Å². The van der Waals surface area contributed by atoms with Gasteiger partial charge >= 0.3 is 5.97 Å². The first-order chi connectivity index (χ1) is 7.97. The van der Waals surface area contributed by atoms with Gasteiger partial charge in [-0.3, -0.25) is 14.4 Å². The van der Waals surface area contributed by atoms with E-state index in [-0.39, 0.29) is 6.54 Å². The van der Waals surface area contributed by atoms with Crippen LogP contribution in [0.1, 0.15) is 6.42 Å². The first-order valence-corrected chi connectivity index (χ1v) is 6.37. The second-order valence-electron chi connectivity index (χ2n) is 3.28. The molecule has 5 N–H and O–H groups in total. The van der Waals surface area contributed by atoms with Crippen molar-refractivity contribution in [2.75, 3.05) is 25.1 Å². The molecule has 7 nitrogen and oxygen atoms in total. The van der Waals surface area contributed by atoms with Gasteiger partial charge in [-0.1, -0.05) is 0 Å². The second kappa shape index (κ2) is 8.82. The molecule has 0 spiro atoms. The van der Waals surface area contributed by atoms with E-state index in [2.05, 4.69) is 10.6 Å². The average molecular weight is 263 g/mol. The van der Waals surface area contributed by atoms with Crippen LogP contribution in [0.25, 0.3) is 0 Å². The molecule has 98 valence electrons. The molecule has 0 aliphatic rings. The van der Waals surface area contributed by atoms with Gasteiger partial charge in [-0.25, -0.2) is 0 Å². The number of hydrogen-bond acceptors (Lipinski definition) is 5. The highest BCUT2D eigenvalue weighted by Gasteiger charge is 2.13. The largest absolute Gasteiger partial charge is 0.480 e. The molecule has 0 aliphatic carbocycles. The molecule has 0 radical (unpaired) electrons. The minimum Gasteiger partial charge on any atom is -0.480 e. The maximum atomic E-state index is 11.3. The molecule has 0 bridgehead atoms. The lowest BCUT2D eigenvalue weighted by Crippen LogP contribution is -2.45. The molecule has 8 heteroatoms. The lowest BCUT2D eigenvalue weighted by molar-refractivity contribution is -0.137. The molecule has 0 aromatic heterocycles. The highest BCUT2D eigenvalue weighted by Crippen LogP contribution is 1.98. The summed E-state index contributed by atoms with van der Waals surface area (Å²) in [5.41, 5.74) is 5.56. The van der Waals surface area contributed by atoms with E-state index in [0.717, 1.165) is 5.75 Å². The SMILES string of the molecule is CSCCC(N)C(=O)NCC(=O)NCC(=O)O. The van der Waals surface area contributed by atoms with E-state index >= 15 is 0 Å². The third-order valence-corrected chi connectivity index (χ3v) is 2.47. The van der Waals surface area contributed by atoms with E-state index in [1.54, 1.807) is 11.8 Å². The summed E-state index contributed by atoms with van der Waals surface area (Å²) in [5.74, 6) is -1.34. The van der Waals surface area contributed by atoms with Crippen LogP contribution in [0.2, 0.25) is 0 Å². The number of aliphatic carboxylic acids is 1. The van der Waals surface area contributed by atoms with E-state index in [0.29, 0.717) is 6.42 Å². The first-order valence-electron chi connectivity index (χ1n) is 4.98. The van der Waals surface area contributed by atoms with Gasteiger partial charge in [0.25, 0.3) is 0 Å². The van der Waals surface area contributed by atoms with E-state index in [9.17, 15) is 14.4 Å². The molecule has 0 saturated heterocycles. The molecule has 17 heavy (non-hydrogen) atoms. The van der Waals surface area contributed by atoms with Crippen molar-refractivity contribution in [2.24, 2.45) is 5.73 Å². The van der Waals surface area contributed by atoms with Crippen molar-refractivity contribution in [3.05, 3.63) is 0 Å². The Morgan fingerprint density at radius 3 is 2.47 bits per heavy atom. The van der Waals surface area contributed by atoms with Gasteiger partial charge in [0.05, 0.1) is 12.6 Å². The Hall–Kier alpha value is -1.28. The minimum atomic E-state index is -1.14. The average Bonchev–Trinajstić information content (AvgIpc) is 2.30. The Labute approximate surface area is 104 Å². The standard InChI is InChI=1S/C9H17N3O4S/c1-17-3-2-6(10)9(16)12-4-7(13)11-5-8(14)15/h6H,2-5,10H2,1H3,(H,11,13)(H,12,16)(H,14,15). The molecule has 0 saturated carbocycles. The number of hydrogen-bond donors (Lipinski definition) is 4. The Morgan fingerprint density at radius 1 is 1.29 bits per heavy atom. The molecular formula is C9H17N3O4S. The van der Waals surface area contributed by atoms with Gasteiger partial charge in [0.1, 0.15) is 6.54 Å². The van der Waals surface area contributed by atoms with Gasteiger partial charge in [0.15, 0.2) is 0 Å². The van der Waals surface area contributed by atoms with E-state index in [1.807, 2.05) is 6.26 Å². The van der Waals surface area contributed by atoms with E-state index in [4.69, 9.17) is 10.8 Å². The smallest absolute Gasteiger partial charge is 0.322 e. The van der Waals surface area contributed by atoms with Crippen LogP contribution in [-0.4, -0.2) is 54.0 Å². The van der Waals surface area contributed by atoms with E-state index in [1.165, 1.54) is 0 Å². The normalized spacial score (nSPS) is 11.6. The van der Waals surface area contributed by atoms with Gasteiger partial charge in [-0.05, 0) is 18.4 Å². The summed E-state index contributed by atoms with van der Waals surface area (Å²) in [6.07, 6.45) is 2.44. The molecule has 1 atom stereocenters. The highest BCUT2D eigenvalue weighted by molar-refractivity contribution is 7.98. The van der Waals surface area contributed by atoms with Gasteiger partial charge in [0.2, 0.25) is 11.8 Å². The minimum absolute atomic E-state index is 0.265. The Morgan fingerprint density at radius 2 is 1.94 bits per heavy atom. The summed E-state index contributed by atoms with van der Waals surface area (Å²) in [4.78, 5) is 32.5. The number of carboxylic acids is 1. The summed E-state index contributed by atoms with van der Waals surface area (Å²) in [6, 6.07) is -0.644. The number of carboxylic acid groups (broad SMARTS) is 1. The predicted octanol–water partition coefficient (Wildman–Crippen LogP) is -1.62. The fourth-order valence-corrected chi connectivity index (χ4v) is 1.40. The summed E-state index contributed by atoms with van der Waals surface area (Å²) in [7, 11) is 0. The zero-order chi connectivity index (χ0) is 13.3. The van der Waals surface area contributed by atoms with Gasteiger partial charge in [-0.2, -0.15) is 11.8 Å². The molecule has 1 unspecified atom stereocenters. The summed E-state index contributed by atoms with van der Waals surface area (Å²) in [5, 5.41) is 12.8. The molecule has 0 rings (SSSR count). The predicted molar refractivity (Wildman–Crippen MR) is 64.6 cm³/mol. The van der Waals surface area contributed by atoms with Crippen molar-refractivity contribution in [3.8, 4) is 0 Å². The van der Waals surface area contributed by atoms with Crippen molar-refractivity contribution in [1.29, 1.82) is 0 Å². The third-order valence-electron chi connectivity index (χ3n) is 1.83. The van der Waals surface area contributed by atoms with Crippen molar-refractivity contribution in [2.45, 2.75) is 12.5 Å². The van der Waals surface area contributed by atoms with Crippen LogP contribution in [-0.2, 0) is 14.4 Å². The van der Waals surface area contributed by atoms with Crippen LogP contribution in [0.15, 0.2) is 0 Å². The maximum absolute atomic E-state index is 11.3. The van der Waals surface area contributed by atoms with Crippen LogP contribution in [0, 0.1) is 0 Å². The lowest BCUT2D eigenvalue weighted by atomic mass is 10.2. The van der Waals surface area contributed by atoms with Crippen LogP contribution < -0.4 is 16.4 Å². The Kier molecular flexibility index (Phi) is 8.16. The lowest BCUT2D eigenvalue weighted by Gasteiger charge is -2.11. The Bertz CT molecular complexity index is 285. The second-order valence-corrected chi connectivity index (χ2v) is 4.26. The van der Waals surface area contributed by atoms with Gasteiger partial charge in [0, 0.05) is 0 Å². The fraction of sp³-hybridized carbons (Fsp3) is 0.667. The van der Waals surface area contributed by atoms with E-state index < -0.39 is 30.4 Å². The monoisotopic (exact) mass is 263 g/mol. The summed E-state index contributed by atoms with van der Waals surface area (Å²) in [6.45, 7) is -0.730. The van der Waals surface area contributed by atoms with Gasteiger partial charge < -0.3 is 21.5 Å². The van der Waals surface area contributed by atoms with Crippen molar-refractivity contribution < 1.29 is 19.5 Å². The van der Waals surface area contributed by atoms with Crippen LogP contribution in [0.3, 0.4) is 0 Å². The molecule has 0 aliphatic heterocycles. The van der Waals surface area contributed by atoms with Gasteiger partial charge in [-0.15, -0.1) is 0 Å². The fourth-order valence-electron chi connectivity index (χ4n) is 0.911. The number of carbonyl (C=O) groups is 3. The molecule has 0 aromatic rings. The number of nitrogens with two attached hydrogens (primary N) is 1. The summed E-state index contributed by atoms with van der Waals surface area (Å²) >= 11 is 1.58. The maximum Gasteiger partial charge on any atom is 0.322 e. The molecule has 0 fully saturated rings. The first kappa shape index (κ1) is 15.7. The van der Waals surface area contributed by atoms with Crippen molar-refractivity contribution in [1.82, 2.24) is 10.6 Å². The number of rotatable bonds is 8. The zero-order valence-electron chi connectivity index (χ0n) is 9.56. The zero-order valence-corrected chi connectivity index (χ0v) is 10.4. The number of carbonyl (C=O) groups excluding carboxylic acids is 2. The topological polar surface area (TPSA) is 122 Å². The van der Waals surface area contributed by atoms with Crippen molar-refractivity contribution >= 4 is 29.5 Å². The van der Waals surface area contributed by atoms with Crippen molar-refractivity contribution in [3.63, 3.8) is 0 Å². The highest BCUT2D eigenvalue weighted by atomic mass is 32.2. The molecular weight excluding hydrogens is 246 g/mol. The third kappa shape index (κ3) is 8.52.